The van der Waals surface area contributed by atoms with Crippen LogP contribution in [-0.4, -0.2) is 17.6 Å². The van der Waals surface area contributed by atoms with Gasteiger partial charge < -0.3 is 10.6 Å². The molecule has 0 aromatic heterocycles. The van der Waals surface area contributed by atoms with Crippen molar-refractivity contribution in [2.24, 2.45) is 0 Å². The lowest BCUT2D eigenvalue weighted by molar-refractivity contribution is -0.137. The topological polar surface area (TPSA) is 58.2 Å². The van der Waals surface area contributed by atoms with E-state index in [2.05, 4.69) is 10.6 Å². The highest BCUT2D eigenvalue weighted by molar-refractivity contribution is 8.00. The van der Waals surface area contributed by atoms with Gasteiger partial charge >= 0.3 is 6.18 Å². The molecule has 0 aliphatic rings. The Morgan fingerprint density at radius 1 is 1.08 bits per heavy atom. The lowest BCUT2D eigenvalue weighted by Crippen LogP contribution is -2.15. The van der Waals surface area contributed by atoms with E-state index in [0.29, 0.717) is 10.6 Å². The van der Waals surface area contributed by atoms with E-state index in [4.69, 9.17) is 11.6 Å². The highest BCUT2D eigenvalue weighted by atomic mass is 35.5. The van der Waals surface area contributed by atoms with Gasteiger partial charge in [0.25, 0.3) is 0 Å². The summed E-state index contributed by atoms with van der Waals surface area (Å²) in [7, 11) is 0. The summed E-state index contributed by atoms with van der Waals surface area (Å²) >= 11 is 6.99. The molecule has 9 heteroatoms. The minimum atomic E-state index is -4.53. The minimum absolute atomic E-state index is 0.00926. The molecule has 0 heterocycles. The summed E-state index contributed by atoms with van der Waals surface area (Å²) in [4.78, 5) is 23.9. The number of benzene rings is 2. The third-order valence-electron chi connectivity index (χ3n) is 3.12. The van der Waals surface area contributed by atoms with Crippen LogP contribution in [0.4, 0.5) is 24.5 Å². The molecule has 138 valence electrons. The van der Waals surface area contributed by atoms with Gasteiger partial charge in [-0.3, -0.25) is 9.59 Å². The number of carbonyl (C=O) groups excluding carboxylic acids is 2. The molecule has 2 rings (SSSR count). The molecule has 4 nitrogen and oxygen atoms in total. The fourth-order valence-electron chi connectivity index (χ4n) is 2.01. The summed E-state index contributed by atoms with van der Waals surface area (Å²) in [6.07, 6.45) is -4.53. The molecule has 26 heavy (non-hydrogen) atoms. The summed E-state index contributed by atoms with van der Waals surface area (Å²) in [5.41, 5.74) is -0.460. The number of nitrogens with one attached hydrogen (secondary N) is 2. The van der Waals surface area contributed by atoms with Crippen molar-refractivity contribution >= 4 is 46.6 Å². The maximum absolute atomic E-state index is 12.8. The number of carbonyl (C=O) groups is 2. The first-order valence-corrected chi connectivity index (χ1v) is 8.69. The fourth-order valence-corrected chi connectivity index (χ4v) is 2.99. The first-order valence-electron chi connectivity index (χ1n) is 7.33. The van der Waals surface area contributed by atoms with Crippen LogP contribution in [0.3, 0.4) is 0 Å². The van der Waals surface area contributed by atoms with Crippen molar-refractivity contribution in [3.63, 3.8) is 0 Å². The van der Waals surface area contributed by atoms with Crippen LogP contribution in [0.25, 0.3) is 0 Å². The Morgan fingerprint density at radius 2 is 1.77 bits per heavy atom. The van der Waals surface area contributed by atoms with Gasteiger partial charge in [-0.2, -0.15) is 13.2 Å². The van der Waals surface area contributed by atoms with Crippen molar-refractivity contribution in [2.45, 2.75) is 18.0 Å². The molecule has 0 saturated carbocycles. The van der Waals surface area contributed by atoms with Crippen LogP contribution < -0.4 is 10.6 Å². The number of thioether (sulfide) groups is 1. The zero-order valence-corrected chi connectivity index (χ0v) is 15.1. The average Bonchev–Trinajstić information content (AvgIpc) is 2.54. The van der Waals surface area contributed by atoms with Gasteiger partial charge in [-0.05, 0) is 30.3 Å². The van der Waals surface area contributed by atoms with E-state index < -0.39 is 17.6 Å². The van der Waals surface area contributed by atoms with E-state index in [0.717, 1.165) is 30.0 Å². The third kappa shape index (κ3) is 5.67. The van der Waals surface area contributed by atoms with Gasteiger partial charge in [0.15, 0.2) is 0 Å². The Hall–Kier alpha value is -2.19. The molecule has 2 aromatic carbocycles. The molecule has 0 fully saturated rings. The number of hydrogen-bond acceptors (Lipinski definition) is 3. The smallest absolute Gasteiger partial charge is 0.325 e. The van der Waals surface area contributed by atoms with Crippen molar-refractivity contribution in [1.29, 1.82) is 0 Å². The molecule has 2 aromatic rings. The molecule has 0 aliphatic heterocycles. The quantitative estimate of drug-likeness (QED) is 0.688. The fraction of sp³-hybridized carbons (Fsp3) is 0.176. The number of hydrogen-bond donors (Lipinski definition) is 2. The lowest BCUT2D eigenvalue weighted by Gasteiger charge is -2.12. The highest BCUT2D eigenvalue weighted by Crippen LogP contribution is 2.34. The number of anilines is 2. The van der Waals surface area contributed by atoms with Crippen molar-refractivity contribution in [3.05, 3.63) is 53.1 Å². The predicted octanol–water partition coefficient (Wildman–Crippen LogP) is 5.05. The minimum Gasteiger partial charge on any atom is -0.325 e. The van der Waals surface area contributed by atoms with Crippen LogP contribution in [0.2, 0.25) is 5.02 Å². The maximum Gasteiger partial charge on any atom is 0.416 e. The summed E-state index contributed by atoms with van der Waals surface area (Å²) < 4.78 is 38.3. The monoisotopic (exact) mass is 402 g/mol. The maximum atomic E-state index is 12.8. The second-order valence-corrected chi connectivity index (χ2v) is 6.63. The average molecular weight is 403 g/mol. The van der Waals surface area contributed by atoms with Crippen LogP contribution in [-0.2, 0) is 15.8 Å². The third-order valence-corrected chi connectivity index (χ3v) is 4.53. The lowest BCUT2D eigenvalue weighted by atomic mass is 10.2. The highest BCUT2D eigenvalue weighted by Gasteiger charge is 2.31. The molecule has 0 aliphatic carbocycles. The molecule has 0 unspecified atom stereocenters. The number of rotatable bonds is 5. The second-order valence-electron chi connectivity index (χ2n) is 5.21. The SMILES string of the molecule is CC(=O)Nc1ccccc1SCC(=O)Nc1cc(C(F)(F)F)ccc1Cl. The molecule has 2 amide bonds. The number of amides is 2. The molecular weight excluding hydrogens is 389 g/mol. The largest absolute Gasteiger partial charge is 0.416 e. The van der Waals surface area contributed by atoms with Crippen molar-refractivity contribution < 1.29 is 22.8 Å². The van der Waals surface area contributed by atoms with E-state index >= 15 is 0 Å². The van der Waals surface area contributed by atoms with Gasteiger partial charge in [0, 0.05) is 11.8 Å². The summed E-state index contributed by atoms with van der Waals surface area (Å²) in [6.45, 7) is 1.36. The summed E-state index contributed by atoms with van der Waals surface area (Å²) in [5.74, 6) is -0.837. The zero-order chi connectivity index (χ0) is 19.3. The Morgan fingerprint density at radius 3 is 2.42 bits per heavy atom. The summed E-state index contributed by atoms with van der Waals surface area (Å²) in [5, 5.41) is 5.03. The van der Waals surface area contributed by atoms with E-state index in [1.165, 1.54) is 6.92 Å². The van der Waals surface area contributed by atoms with Crippen LogP contribution in [0.1, 0.15) is 12.5 Å². The number of para-hydroxylation sites is 1. The van der Waals surface area contributed by atoms with Crippen LogP contribution in [0.15, 0.2) is 47.4 Å². The molecule has 0 atom stereocenters. The molecular formula is C17H14ClF3N2O2S. The Labute approximate surface area is 157 Å². The Kier molecular flexibility index (Phi) is 6.55. The van der Waals surface area contributed by atoms with Crippen LogP contribution >= 0.6 is 23.4 Å². The second kappa shape index (κ2) is 8.46. The first-order chi connectivity index (χ1) is 12.2. The van der Waals surface area contributed by atoms with Gasteiger partial charge in [-0.25, -0.2) is 0 Å². The van der Waals surface area contributed by atoms with Crippen LogP contribution in [0.5, 0.6) is 0 Å². The molecule has 0 saturated heterocycles. The molecule has 0 spiro atoms. The van der Waals surface area contributed by atoms with E-state index in [9.17, 15) is 22.8 Å². The van der Waals surface area contributed by atoms with E-state index in [1.54, 1.807) is 24.3 Å². The van der Waals surface area contributed by atoms with E-state index in [-0.39, 0.29) is 22.4 Å². The van der Waals surface area contributed by atoms with Gasteiger partial charge in [-0.1, -0.05) is 23.7 Å². The first kappa shape index (κ1) is 20.1. The standard InChI is InChI=1S/C17H14ClF3N2O2S/c1-10(24)22-13-4-2-3-5-15(13)26-9-16(25)23-14-8-11(17(19,20)21)6-7-12(14)18/h2-8H,9H2,1H3,(H,22,24)(H,23,25). The number of halogens is 4. The van der Waals surface area contributed by atoms with Crippen LogP contribution in [0, 0.1) is 0 Å². The predicted molar refractivity (Wildman–Crippen MR) is 96.6 cm³/mol. The van der Waals surface area contributed by atoms with Gasteiger partial charge in [-0.15, -0.1) is 11.8 Å². The molecule has 0 bridgehead atoms. The normalized spacial score (nSPS) is 11.1. The Bertz CT molecular complexity index is 828. The van der Waals surface area contributed by atoms with Crippen molar-refractivity contribution in [2.75, 3.05) is 16.4 Å². The van der Waals surface area contributed by atoms with Gasteiger partial charge in [0.2, 0.25) is 11.8 Å². The Balaban J connectivity index is 2.05. The van der Waals surface area contributed by atoms with Gasteiger partial charge in [0.1, 0.15) is 0 Å². The van der Waals surface area contributed by atoms with Crippen molar-refractivity contribution in [1.82, 2.24) is 0 Å². The van der Waals surface area contributed by atoms with Crippen molar-refractivity contribution in [3.8, 4) is 0 Å². The van der Waals surface area contributed by atoms with Gasteiger partial charge in [0.05, 0.1) is 27.7 Å². The molecule has 0 radical (unpaired) electrons. The van der Waals surface area contributed by atoms with E-state index in [1.807, 2.05) is 0 Å². The zero-order valence-electron chi connectivity index (χ0n) is 13.5. The number of alkyl halides is 3. The summed E-state index contributed by atoms with van der Waals surface area (Å²) in [6, 6.07) is 9.60. The molecule has 2 N–H and O–H groups in total.